The molecule has 2 heteroatoms. The molecule has 0 bridgehead atoms. The number of fused-ring (bicyclic) bond motifs is 1. The largest absolute Gasteiger partial charge is 0.457 e. The standard InChI is InChI=1S/C8H6O2.C4H6/c9-8-7-4-2-1-3-6(7)5-10-8;1-3-4-2/h1-4H,5H2;3-4H,1-2H2. The second-order valence-corrected chi connectivity index (χ2v) is 2.70. The van der Waals surface area contributed by atoms with Gasteiger partial charge < -0.3 is 4.74 Å². The molecule has 1 aliphatic heterocycles. The van der Waals surface area contributed by atoms with Crippen molar-refractivity contribution in [3.05, 3.63) is 60.7 Å². The molecule has 0 fully saturated rings. The predicted octanol–water partition coefficient (Wildman–Crippen LogP) is 2.72. The van der Waals surface area contributed by atoms with E-state index in [4.69, 9.17) is 4.74 Å². The summed E-state index contributed by atoms with van der Waals surface area (Å²) in [6.45, 7) is 7.16. The lowest BCUT2D eigenvalue weighted by Crippen LogP contribution is -1.91. The summed E-state index contributed by atoms with van der Waals surface area (Å²) < 4.78 is 4.78. The lowest BCUT2D eigenvalue weighted by molar-refractivity contribution is 0.0535. The van der Waals surface area contributed by atoms with E-state index in [-0.39, 0.29) is 5.97 Å². The highest BCUT2D eigenvalue weighted by Gasteiger charge is 2.18. The van der Waals surface area contributed by atoms with Gasteiger partial charge in [0, 0.05) is 5.56 Å². The van der Waals surface area contributed by atoms with Crippen molar-refractivity contribution >= 4 is 5.97 Å². The molecule has 0 amide bonds. The van der Waals surface area contributed by atoms with E-state index in [9.17, 15) is 4.79 Å². The highest BCUT2D eigenvalue weighted by Crippen LogP contribution is 2.17. The molecule has 1 aromatic rings. The van der Waals surface area contributed by atoms with Gasteiger partial charge in [0.15, 0.2) is 0 Å². The van der Waals surface area contributed by atoms with Gasteiger partial charge in [-0.2, -0.15) is 0 Å². The summed E-state index contributed by atoms with van der Waals surface area (Å²) >= 11 is 0. The molecule has 72 valence electrons. The molecular weight excluding hydrogens is 176 g/mol. The van der Waals surface area contributed by atoms with Crippen molar-refractivity contribution in [1.82, 2.24) is 0 Å². The average Bonchev–Trinajstić information content (AvgIpc) is 2.62. The first-order valence-electron chi connectivity index (χ1n) is 4.28. The fourth-order valence-electron chi connectivity index (χ4n) is 1.07. The number of cyclic esters (lactones) is 1. The van der Waals surface area contributed by atoms with E-state index in [2.05, 4.69) is 13.2 Å². The molecule has 0 spiro atoms. The van der Waals surface area contributed by atoms with Crippen molar-refractivity contribution in [1.29, 1.82) is 0 Å². The molecule has 0 aliphatic carbocycles. The number of carbonyl (C=O) groups is 1. The van der Waals surface area contributed by atoms with Crippen LogP contribution >= 0.6 is 0 Å². The Morgan fingerprint density at radius 3 is 2.43 bits per heavy atom. The van der Waals surface area contributed by atoms with Crippen molar-refractivity contribution in [3.63, 3.8) is 0 Å². The van der Waals surface area contributed by atoms with Crippen LogP contribution in [0.2, 0.25) is 0 Å². The fraction of sp³-hybridized carbons (Fsp3) is 0.0833. The zero-order valence-corrected chi connectivity index (χ0v) is 7.90. The van der Waals surface area contributed by atoms with Crippen LogP contribution in [0.1, 0.15) is 15.9 Å². The minimum Gasteiger partial charge on any atom is -0.457 e. The van der Waals surface area contributed by atoms with Crippen molar-refractivity contribution < 1.29 is 9.53 Å². The zero-order valence-electron chi connectivity index (χ0n) is 7.90. The van der Waals surface area contributed by atoms with Gasteiger partial charge in [-0.25, -0.2) is 4.79 Å². The number of rotatable bonds is 1. The molecule has 0 unspecified atom stereocenters. The number of carbonyl (C=O) groups excluding carboxylic acids is 1. The quantitative estimate of drug-likeness (QED) is 0.500. The minimum absolute atomic E-state index is 0.199. The molecular formula is C12H12O2. The Morgan fingerprint density at radius 2 is 1.86 bits per heavy atom. The maximum Gasteiger partial charge on any atom is 0.338 e. The van der Waals surface area contributed by atoms with Gasteiger partial charge in [0.05, 0.1) is 5.56 Å². The second-order valence-electron chi connectivity index (χ2n) is 2.70. The summed E-state index contributed by atoms with van der Waals surface area (Å²) in [6.07, 6.45) is 3.28. The smallest absolute Gasteiger partial charge is 0.338 e. The summed E-state index contributed by atoms with van der Waals surface area (Å²) in [6, 6.07) is 7.43. The first-order chi connectivity index (χ1) is 6.79. The summed E-state index contributed by atoms with van der Waals surface area (Å²) in [5, 5.41) is 0. The van der Waals surface area contributed by atoms with Gasteiger partial charge in [-0.05, 0) is 6.07 Å². The molecule has 0 atom stereocenters. The molecule has 14 heavy (non-hydrogen) atoms. The summed E-state index contributed by atoms with van der Waals surface area (Å²) in [7, 11) is 0. The maximum absolute atomic E-state index is 10.8. The highest BCUT2D eigenvalue weighted by atomic mass is 16.5. The lowest BCUT2D eigenvalue weighted by Gasteiger charge is -1.87. The van der Waals surface area contributed by atoms with Gasteiger partial charge in [-0.3, -0.25) is 0 Å². The zero-order chi connectivity index (χ0) is 10.4. The number of hydrogen-bond donors (Lipinski definition) is 0. The molecule has 0 saturated heterocycles. The van der Waals surface area contributed by atoms with Crippen LogP contribution in [-0.2, 0) is 11.3 Å². The molecule has 1 aliphatic rings. The van der Waals surface area contributed by atoms with Crippen LogP contribution in [-0.4, -0.2) is 5.97 Å². The Hall–Kier alpha value is -1.83. The number of benzene rings is 1. The molecule has 1 aromatic carbocycles. The van der Waals surface area contributed by atoms with E-state index in [1.807, 2.05) is 18.2 Å². The van der Waals surface area contributed by atoms with Crippen LogP contribution in [0.25, 0.3) is 0 Å². The van der Waals surface area contributed by atoms with Gasteiger partial charge in [-0.1, -0.05) is 43.5 Å². The van der Waals surface area contributed by atoms with E-state index in [0.717, 1.165) is 5.56 Å². The number of ether oxygens (including phenoxy) is 1. The monoisotopic (exact) mass is 188 g/mol. The molecule has 2 rings (SSSR count). The minimum atomic E-state index is -0.199. The number of allylic oxidation sites excluding steroid dienone is 2. The summed E-state index contributed by atoms with van der Waals surface area (Å²) in [4.78, 5) is 10.8. The maximum atomic E-state index is 10.8. The van der Waals surface area contributed by atoms with Gasteiger partial charge in [0.25, 0.3) is 0 Å². The van der Waals surface area contributed by atoms with Crippen molar-refractivity contribution in [2.24, 2.45) is 0 Å². The van der Waals surface area contributed by atoms with Crippen LogP contribution in [0.5, 0.6) is 0 Å². The Morgan fingerprint density at radius 1 is 1.21 bits per heavy atom. The van der Waals surface area contributed by atoms with Crippen LogP contribution < -0.4 is 0 Å². The Labute approximate surface area is 83.5 Å². The van der Waals surface area contributed by atoms with Gasteiger partial charge in [-0.15, -0.1) is 0 Å². The third-order valence-electron chi connectivity index (χ3n) is 1.76. The van der Waals surface area contributed by atoms with E-state index < -0.39 is 0 Å². The highest BCUT2D eigenvalue weighted by molar-refractivity contribution is 5.93. The summed E-state index contributed by atoms with van der Waals surface area (Å²) in [5.74, 6) is -0.199. The summed E-state index contributed by atoms with van der Waals surface area (Å²) in [5.41, 5.74) is 1.70. The molecule has 0 aromatic heterocycles. The third kappa shape index (κ3) is 2.33. The van der Waals surface area contributed by atoms with Gasteiger partial charge in [0.1, 0.15) is 6.61 Å². The van der Waals surface area contributed by atoms with Crippen LogP contribution in [0.15, 0.2) is 49.6 Å². The van der Waals surface area contributed by atoms with Crippen LogP contribution in [0.3, 0.4) is 0 Å². The number of esters is 1. The Kier molecular flexibility index (Phi) is 3.68. The second kappa shape index (κ2) is 5.02. The van der Waals surface area contributed by atoms with Crippen molar-refractivity contribution in [3.8, 4) is 0 Å². The topological polar surface area (TPSA) is 26.3 Å². The van der Waals surface area contributed by atoms with Crippen LogP contribution in [0.4, 0.5) is 0 Å². The SMILES string of the molecule is C=CC=C.O=C1OCc2ccccc21. The van der Waals surface area contributed by atoms with E-state index >= 15 is 0 Å². The molecule has 0 saturated carbocycles. The van der Waals surface area contributed by atoms with E-state index in [1.165, 1.54) is 0 Å². The average molecular weight is 188 g/mol. The van der Waals surface area contributed by atoms with E-state index in [0.29, 0.717) is 12.2 Å². The molecule has 0 radical (unpaired) electrons. The molecule has 1 heterocycles. The third-order valence-corrected chi connectivity index (χ3v) is 1.76. The molecule has 2 nitrogen and oxygen atoms in total. The van der Waals surface area contributed by atoms with Gasteiger partial charge >= 0.3 is 5.97 Å². The van der Waals surface area contributed by atoms with E-state index in [1.54, 1.807) is 18.2 Å². The first kappa shape index (κ1) is 10.3. The fourth-order valence-corrected chi connectivity index (χ4v) is 1.07. The lowest BCUT2D eigenvalue weighted by atomic mass is 10.1. The first-order valence-corrected chi connectivity index (χ1v) is 4.28. The van der Waals surface area contributed by atoms with Gasteiger partial charge in [0.2, 0.25) is 0 Å². The van der Waals surface area contributed by atoms with Crippen molar-refractivity contribution in [2.45, 2.75) is 6.61 Å². The van der Waals surface area contributed by atoms with Crippen LogP contribution in [0, 0.1) is 0 Å². The number of hydrogen-bond acceptors (Lipinski definition) is 2. The Bertz CT molecular complexity index is 347. The normalized spacial score (nSPS) is 11.9. The van der Waals surface area contributed by atoms with Crippen molar-refractivity contribution in [2.75, 3.05) is 0 Å². The predicted molar refractivity (Wildman–Crippen MR) is 56.0 cm³/mol. The Balaban J connectivity index is 0.000000213. The molecule has 0 N–H and O–H groups in total.